The van der Waals surface area contributed by atoms with E-state index in [1.807, 2.05) is 0 Å². The van der Waals surface area contributed by atoms with E-state index in [4.69, 9.17) is 0 Å². The first-order chi connectivity index (χ1) is 10.3. The molecule has 0 radical (unpaired) electrons. The van der Waals surface area contributed by atoms with Gasteiger partial charge in [-0.25, -0.2) is 0 Å². The molecule has 0 aliphatic heterocycles. The van der Waals surface area contributed by atoms with E-state index < -0.39 is 0 Å². The second-order valence-corrected chi connectivity index (χ2v) is 8.44. The molecule has 1 N–H and O–H groups in total. The summed E-state index contributed by atoms with van der Waals surface area (Å²) in [6, 6.07) is 0.892. The van der Waals surface area contributed by atoms with Crippen molar-refractivity contribution in [2.24, 2.45) is 17.3 Å². The molecule has 0 aromatic rings. The van der Waals surface area contributed by atoms with E-state index in [9.17, 15) is 0 Å². The highest BCUT2D eigenvalue weighted by Gasteiger charge is 2.42. The maximum absolute atomic E-state index is 3.92. The molecule has 0 amide bonds. The first-order valence-corrected chi connectivity index (χ1v) is 10.1. The van der Waals surface area contributed by atoms with Gasteiger partial charge >= 0.3 is 0 Å². The van der Waals surface area contributed by atoms with Crippen LogP contribution >= 0.6 is 0 Å². The van der Waals surface area contributed by atoms with Crippen molar-refractivity contribution in [3.05, 3.63) is 0 Å². The Morgan fingerprint density at radius 3 is 2.24 bits per heavy atom. The molecule has 3 aliphatic carbocycles. The van der Waals surface area contributed by atoms with Crippen LogP contribution in [0.2, 0.25) is 0 Å². The Hall–Kier alpha value is -0.0400. The van der Waals surface area contributed by atoms with Crippen LogP contribution < -0.4 is 5.32 Å². The Morgan fingerprint density at radius 2 is 1.62 bits per heavy atom. The van der Waals surface area contributed by atoms with Crippen molar-refractivity contribution in [1.82, 2.24) is 5.32 Å². The second kappa shape index (κ2) is 7.49. The maximum Gasteiger partial charge on any atom is 0.00684 e. The van der Waals surface area contributed by atoms with Crippen molar-refractivity contribution in [1.29, 1.82) is 0 Å². The van der Waals surface area contributed by atoms with E-state index in [-0.39, 0.29) is 0 Å². The van der Waals surface area contributed by atoms with Crippen LogP contribution in [0.25, 0.3) is 0 Å². The Kier molecular flexibility index (Phi) is 5.65. The Labute approximate surface area is 132 Å². The predicted octanol–water partition coefficient (Wildman–Crippen LogP) is 5.69. The van der Waals surface area contributed by atoms with E-state index in [1.54, 1.807) is 0 Å². The van der Waals surface area contributed by atoms with Gasteiger partial charge in [0.15, 0.2) is 0 Å². The molecule has 122 valence electrons. The lowest BCUT2D eigenvalue weighted by molar-refractivity contribution is 0.0458. The molecule has 21 heavy (non-hydrogen) atoms. The fraction of sp³-hybridized carbons (Fsp3) is 1.00. The molecule has 3 saturated carbocycles. The molecule has 3 aliphatic rings. The minimum absolute atomic E-state index is 0.686. The molecule has 0 aromatic heterocycles. The second-order valence-electron chi connectivity index (χ2n) is 8.44. The summed E-state index contributed by atoms with van der Waals surface area (Å²) in [6.07, 6.45) is 21.0. The molecule has 0 spiro atoms. The van der Waals surface area contributed by atoms with Crippen LogP contribution in [0.4, 0.5) is 0 Å². The van der Waals surface area contributed by atoms with Crippen LogP contribution in [0.15, 0.2) is 0 Å². The molecule has 1 heteroatoms. The highest BCUT2D eigenvalue weighted by atomic mass is 15.0. The quantitative estimate of drug-likeness (QED) is 0.635. The summed E-state index contributed by atoms with van der Waals surface area (Å²) < 4.78 is 0. The third-order valence-corrected chi connectivity index (χ3v) is 6.86. The van der Waals surface area contributed by atoms with Gasteiger partial charge in [0.2, 0.25) is 0 Å². The summed E-state index contributed by atoms with van der Waals surface area (Å²) in [5.41, 5.74) is 0.686. The van der Waals surface area contributed by atoms with Gasteiger partial charge in [0.25, 0.3) is 0 Å². The molecule has 1 nitrogen and oxygen atoms in total. The van der Waals surface area contributed by atoms with Crippen molar-refractivity contribution in [2.75, 3.05) is 6.54 Å². The molecule has 0 saturated heterocycles. The van der Waals surface area contributed by atoms with Gasteiger partial charge < -0.3 is 5.32 Å². The summed E-state index contributed by atoms with van der Waals surface area (Å²) in [6.45, 7) is 3.69. The van der Waals surface area contributed by atoms with E-state index in [0.29, 0.717) is 5.41 Å². The van der Waals surface area contributed by atoms with E-state index in [0.717, 1.165) is 17.9 Å². The third-order valence-electron chi connectivity index (χ3n) is 6.86. The number of rotatable bonds is 7. The lowest BCUT2D eigenvalue weighted by atomic mass is 9.59. The average Bonchev–Trinajstić information content (AvgIpc) is 3.37. The molecular formula is C20H37N. The molecule has 3 rings (SSSR count). The van der Waals surface area contributed by atoms with Gasteiger partial charge in [-0.2, -0.15) is 0 Å². The van der Waals surface area contributed by atoms with Gasteiger partial charge in [-0.1, -0.05) is 45.4 Å². The highest BCUT2D eigenvalue weighted by Crippen LogP contribution is 2.50. The minimum Gasteiger partial charge on any atom is -0.313 e. The van der Waals surface area contributed by atoms with Gasteiger partial charge in [-0.3, -0.25) is 0 Å². The largest absolute Gasteiger partial charge is 0.313 e. The molecule has 0 heterocycles. The molecule has 3 fully saturated rings. The average molecular weight is 292 g/mol. The Balaban J connectivity index is 1.56. The van der Waals surface area contributed by atoms with Crippen molar-refractivity contribution in [3.63, 3.8) is 0 Å². The summed E-state index contributed by atoms with van der Waals surface area (Å²) in [5.74, 6) is 2.10. The number of unbranched alkanes of at least 4 members (excludes halogenated alkanes) is 1. The Morgan fingerprint density at radius 1 is 0.905 bits per heavy atom. The summed E-state index contributed by atoms with van der Waals surface area (Å²) in [4.78, 5) is 0. The number of hydrogen-bond acceptors (Lipinski definition) is 1. The topological polar surface area (TPSA) is 12.0 Å². The fourth-order valence-electron chi connectivity index (χ4n) is 5.11. The minimum atomic E-state index is 0.686. The zero-order chi connectivity index (χ0) is 14.5. The fourth-order valence-corrected chi connectivity index (χ4v) is 5.11. The first-order valence-electron chi connectivity index (χ1n) is 10.1. The molecule has 0 bridgehead atoms. The number of hydrogen-bond donors (Lipinski definition) is 1. The van der Waals surface area contributed by atoms with Gasteiger partial charge in [-0.15, -0.1) is 0 Å². The summed E-state index contributed by atoms with van der Waals surface area (Å²) in [5, 5.41) is 3.92. The first kappa shape index (κ1) is 15.8. The van der Waals surface area contributed by atoms with Crippen LogP contribution in [0, 0.1) is 17.3 Å². The predicted molar refractivity (Wildman–Crippen MR) is 91.5 cm³/mol. The van der Waals surface area contributed by atoms with Crippen molar-refractivity contribution < 1.29 is 0 Å². The van der Waals surface area contributed by atoms with Crippen LogP contribution in [0.1, 0.15) is 96.8 Å². The van der Waals surface area contributed by atoms with Crippen LogP contribution in [0.3, 0.4) is 0 Å². The van der Waals surface area contributed by atoms with Gasteiger partial charge in [-0.05, 0) is 68.6 Å². The molecule has 0 aromatic carbocycles. The Bertz CT molecular complexity index is 293. The van der Waals surface area contributed by atoms with E-state index in [1.165, 1.54) is 96.4 Å². The smallest absolute Gasteiger partial charge is 0.00684 e. The van der Waals surface area contributed by atoms with Crippen molar-refractivity contribution >= 4 is 0 Å². The third kappa shape index (κ3) is 4.24. The SMILES string of the molecule is CCCCC1CCC(CNC2CC2)(C2CCCCC2)CC1. The van der Waals surface area contributed by atoms with Crippen molar-refractivity contribution in [3.8, 4) is 0 Å². The van der Waals surface area contributed by atoms with Crippen LogP contribution in [-0.2, 0) is 0 Å². The molecular weight excluding hydrogens is 254 g/mol. The summed E-state index contributed by atoms with van der Waals surface area (Å²) >= 11 is 0. The summed E-state index contributed by atoms with van der Waals surface area (Å²) in [7, 11) is 0. The maximum atomic E-state index is 3.92. The van der Waals surface area contributed by atoms with Gasteiger partial charge in [0.1, 0.15) is 0 Å². The van der Waals surface area contributed by atoms with E-state index >= 15 is 0 Å². The molecule has 0 atom stereocenters. The normalized spacial score (nSPS) is 35.0. The lowest BCUT2D eigenvalue weighted by Crippen LogP contribution is -2.44. The van der Waals surface area contributed by atoms with Crippen LogP contribution in [0.5, 0.6) is 0 Å². The zero-order valence-electron chi connectivity index (χ0n) is 14.3. The molecule has 0 unspecified atom stereocenters. The lowest BCUT2D eigenvalue weighted by Gasteiger charge is -2.47. The van der Waals surface area contributed by atoms with Gasteiger partial charge in [0.05, 0.1) is 0 Å². The van der Waals surface area contributed by atoms with Crippen molar-refractivity contribution in [2.45, 2.75) is 103 Å². The standard InChI is InChI=1S/C20H37N/c1-2-3-7-17-12-14-20(15-13-17,16-21-19-10-11-19)18-8-5-4-6-9-18/h17-19,21H,2-16H2,1H3. The van der Waals surface area contributed by atoms with Gasteiger partial charge in [0, 0.05) is 12.6 Å². The number of nitrogens with one attached hydrogen (secondary N) is 1. The van der Waals surface area contributed by atoms with Crippen LogP contribution in [-0.4, -0.2) is 12.6 Å². The highest BCUT2D eigenvalue weighted by molar-refractivity contribution is 4.95. The van der Waals surface area contributed by atoms with E-state index in [2.05, 4.69) is 12.2 Å². The zero-order valence-corrected chi connectivity index (χ0v) is 14.3. The monoisotopic (exact) mass is 291 g/mol.